The van der Waals surface area contributed by atoms with Gasteiger partial charge in [-0.1, -0.05) is 17.9 Å². The Labute approximate surface area is 253 Å². The molecule has 0 radical (unpaired) electrons. The minimum absolute atomic E-state index is 0.184. The molecule has 1 fully saturated rings. The van der Waals surface area contributed by atoms with E-state index in [2.05, 4.69) is 68.2 Å². The summed E-state index contributed by atoms with van der Waals surface area (Å²) in [6, 6.07) is 21.0. The number of piperazine rings is 1. The maximum absolute atomic E-state index is 13.0. The number of nitrogens with zero attached hydrogens (tertiary/aromatic N) is 5. The fraction of sp³-hybridized carbons (Fsp3) is 0.206. The van der Waals surface area contributed by atoms with Gasteiger partial charge in [0.1, 0.15) is 12.1 Å². The summed E-state index contributed by atoms with van der Waals surface area (Å²) in [5, 5.41) is 2.44. The number of carbonyl (C=O) groups excluding carboxylic acids is 1. The number of imidazole rings is 1. The minimum atomic E-state index is -4.54. The van der Waals surface area contributed by atoms with Crippen LogP contribution in [-0.4, -0.2) is 58.6 Å². The van der Waals surface area contributed by atoms with E-state index in [1.54, 1.807) is 24.5 Å². The second-order valence-corrected chi connectivity index (χ2v) is 10.8. The molecule has 0 spiro atoms. The number of pyridine rings is 1. The first-order valence-corrected chi connectivity index (χ1v) is 14.1. The summed E-state index contributed by atoms with van der Waals surface area (Å²) in [6.07, 6.45) is -1.72. The number of amides is 1. The quantitative estimate of drug-likeness (QED) is 0.253. The van der Waals surface area contributed by atoms with E-state index in [1.807, 2.05) is 29.7 Å². The Kier molecular flexibility index (Phi) is 7.80. The van der Waals surface area contributed by atoms with Crippen LogP contribution in [0.25, 0.3) is 16.7 Å². The highest BCUT2D eigenvalue weighted by atomic mass is 19.4. The van der Waals surface area contributed by atoms with E-state index in [0.717, 1.165) is 72.4 Å². The zero-order valence-corrected chi connectivity index (χ0v) is 24.2. The molecule has 44 heavy (non-hydrogen) atoms. The van der Waals surface area contributed by atoms with Crippen molar-refractivity contribution < 1.29 is 18.0 Å². The number of anilines is 2. The highest BCUT2D eigenvalue weighted by Crippen LogP contribution is 2.30. The Hall–Kier alpha value is -5.14. The molecular weight excluding hydrogens is 565 g/mol. The number of carbonyl (C=O) groups is 1. The van der Waals surface area contributed by atoms with Crippen LogP contribution in [0.4, 0.5) is 24.7 Å². The molecule has 1 amide bonds. The number of hydrogen-bond donors (Lipinski definition) is 1. The maximum atomic E-state index is 13.0. The molecule has 0 saturated carbocycles. The monoisotopic (exact) mass is 594 g/mol. The van der Waals surface area contributed by atoms with Crippen molar-refractivity contribution in [1.82, 2.24) is 19.4 Å². The molecule has 0 aliphatic carbocycles. The lowest BCUT2D eigenvalue weighted by Crippen LogP contribution is -2.44. The molecule has 0 unspecified atom stereocenters. The number of fused-ring (bicyclic) bond motifs is 1. The summed E-state index contributed by atoms with van der Waals surface area (Å²) in [7, 11) is 2.15. The molecule has 1 aliphatic heterocycles. The Bertz CT molecular complexity index is 1890. The predicted molar refractivity (Wildman–Crippen MR) is 165 cm³/mol. The van der Waals surface area contributed by atoms with Crippen LogP contribution < -0.4 is 10.2 Å². The number of benzene rings is 3. The molecule has 1 saturated heterocycles. The Morgan fingerprint density at radius 2 is 1.61 bits per heavy atom. The molecule has 222 valence electrons. The number of alkyl halides is 3. The number of aryl methyl sites for hydroxylation is 1. The van der Waals surface area contributed by atoms with E-state index in [-0.39, 0.29) is 11.4 Å². The molecule has 10 heteroatoms. The number of rotatable bonds is 4. The largest absolute Gasteiger partial charge is 0.416 e. The predicted octanol–water partition coefficient (Wildman–Crippen LogP) is 6.15. The first-order valence-electron chi connectivity index (χ1n) is 14.1. The second-order valence-electron chi connectivity index (χ2n) is 10.8. The molecule has 5 aromatic rings. The van der Waals surface area contributed by atoms with Gasteiger partial charge < -0.3 is 15.1 Å². The number of halogens is 3. The summed E-state index contributed by atoms with van der Waals surface area (Å²) < 4.78 is 41.1. The minimum Gasteiger partial charge on any atom is -0.369 e. The van der Waals surface area contributed by atoms with Gasteiger partial charge in [-0.2, -0.15) is 13.2 Å². The Morgan fingerprint density at radius 3 is 2.36 bits per heavy atom. The van der Waals surface area contributed by atoms with Crippen molar-refractivity contribution in [3.05, 3.63) is 113 Å². The van der Waals surface area contributed by atoms with Gasteiger partial charge in [0.2, 0.25) is 0 Å². The summed E-state index contributed by atoms with van der Waals surface area (Å²) >= 11 is 0. The lowest BCUT2D eigenvalue weighted by atomic mass is 10.0. The lowest BCUT2D eigenvalue weighted by molar-refractivity contribution is -0.137. The van der Waals surface area contributed by atoms with Crippen LogP contribution in [0.2, 0.25) is 0 Å². The zero-order chi connectivity index (χ0) is 30.8. The second kappa shape index (κ2) is 11.9. The molecule has 6 rings (SSSR count). The van der Waals surface area contributed by atoms with Crippen LogP contribution in [0.3, 0.4) is 0 Å². The summed E-state index contributed by atoms with van der Waals surface area (Å²) in [6.45, 7) is 6.02. The van der Waals surface area contributed by atoms with Gasteiger partial charge >= 0.3 is 6.18 Å². The first-order chi connectivity index (χ1) is 21.1. The first kappa shape index (κ1) is 29.0. The van der Waals surface area contributed by atoms with Crippen molar-refractivity contribution in [3.63, 3.8) is 0 Å². The normalized spacial score (nSPS) is 13.9. The number of hydrogen-bond acceptors (Lipinski definition) is 5. The Balaban J connectivity index is 1.18. The number of likely N-dealkylation sites (N-methyl/N-ethyl adjacent to an activating group) is 1. The van der Waals surface area contributed by atoms with E-state index >= 15 is 0 Å². The molecule has 2 aromatic heterocycles. The van der Waals surface area contributed by atoms with E-state index < -0.39 is 17.6 Å². The maximum Gasteiger partial charge on any atom is 0.416 e. The third kappa shape index (κ3) is 6.28. The fourth-order valence-corrected chi connectivity index (χ4v) is 5.09. The van der Waals surface area contributed by atoms with Crippen LogP contribution in [0, 0.1) is 18.8 Å². The molecular formula is C34H29F3N6O. The van der Waals surface area contributed by atoms with E-state index in [0.29, 0.717) is 5.56 Å². The summed E-state index contributed by atoms with van der Waals surface area (Å²) in [5.74, 6) is 5.51. The van der Waals surface area contributed by atoms with Crippen molar-refractivity contribution in [2.75, 3.05) is 43.4 Å². The van der Waals surface area contributed by atoms with Gasteiger partial charge in [-0.3, -0.25) is 9.36 Å². The van der Waals surface area contributed by atoms with Gasteiger partial charge in [-0.25, -0.2) is 9.97 Å². The molecule has 0 bridgehead atoms. The molecule has 3 aromatic carbocycles. The van der Waals surface area contributed by atoms with E-state index in [4.69, 9.17) is 0 Å². The van der Waals surface area contributed by atoms with Crippen molar-refractivity contribution in [2.45, 2.75) is 13.1 Å². The van der Waals surface area contributed by atoms with Gasteiger partial charge in [-0.15, -0.1) is 0 Å². The van der Waals surface area contributed by atoms with E-state index in [1.165, 1.54) is 5.69 Å². The van der Waals surface area contributed by atoms with Crippen LogP contribution in [0.15, 0.2) is 85.3 Å². The zero-order valence-electron chi connectivity index (χ0n) is 24.2. The van der Waals surface area contributed by atoms with Crippen LogP contribution in [0.1, 0.15) is 32.6 Å². The molecule has 1 aliphatic rings. The number of nitrogens with one attached hydrogen (secondary N) is 1. The third-order valence-corrected chi connectivity index (χ3v) is 7.71. The topological polar surface area (TPSA) is 66.3 Å². The van der Waals surface area contributed by atoms with Gasteiger partial charge in [0.25, 0.3) is 5.91 Å². The van der Waals surface area contributed by atoms with Crippen LogP contribution >= 0.6 is 0 Å². The summed E-state index contributed by atoms with van der Waals surface area (Å²) in [5.41, 5.74) is 5.61. The Morgan fingerprint density at radius 1 is 0.864 bits per heavy atom. The third-order valence-electron chi connectivity index (χ3n) is 7.71. The average molecular weight is 595 g/mol. The van der Waals surface area contributed by atoms with Gasteiger partial charge in [-0.05, 0) is 86.3 Å². The summed E-state index contributed by atoms with van der Waals surface area (Å²) in [4.78, 5) is 26.0. The van der Waals surface area contributed by atoms with Crippen molar-refractivity contribution in [3.8, 4) is 17.5 Å². The highest BCUT2D eigenvalue weighted by Gasteiger charge is 2.31. The van der Waals surface area contributed by atoms with Gasteiger partial charge in [0, 0.05) is 60.4 Å². The van der Waals surface area contributed by atoms with Gasteiger partial charge in [0.15, 0.2) is 0 Å². The standard InChI is InChI=1S/C34H29F3N6O/c1-23-3-6-26(33(44)40-32-21-27(13-14-38-32)34(35,36)37)20-25(23)7-4-24-5-12-31-30(19-24)39-22-43(31)29-10-8-28(9-11-29)42-17-15-41(2)16-18-42/h3,5-6,8-14,19-22H,15-18H2,1-2H3,(H,38,40,44). The molecule has 7 nitrogen and oxygen atoms in total. The van der Waals surface area contributed by atoms with Gasteiger partial charge in [0.05, 0.1) is 16.6 Å². The average Bonchev–Trinajstić information content (AvgIpc) is 3.44. The smallest absolute Gasteiger partial charge is 0.369 e. The molecule has 0 atom stereocenters. The molecule has 1 N–H and O–H groups in total. The fourth-order valence-electron chi connectivity index (χ4n) is 5.09. The number of aromatic nitrogens is 3. The van der Waals surface area contributed by atoms with Crippen molar-refractivity contribution in [1.29, 1.82) is 0 Å². The van der Waals surface area contributed by atoms with Crippen LogP contribution in [0.5, 0.6) is 0 Å². The lowest BCUT2D eigenvalue weighted by Gasteiger charge is -2.34. The SMILES string of the molecule is Cc1ccc(C(=O)Nc2cc(C(F)(F)F)ccn2)cc1C#Cc1ccc2c(c1)ncn2-c1ccc(N2CCN(C)CC2)cc1. The molecule has 3 heterocycles. The van der Waals surface area contributed by atoms with Crippen LogP contribution in [-0.2, 0) is 6.18 Å². The van der Waals surface area contributed by atoms with Crippen molar-refractivity contribution in [2.24, 2.45) is 0 Å². The van der Waals surface area contributed by atoms with E-state index in [9.17, 15) is 18.0 Å². The highest BCUT2D eigenvalue weighted by molar-refractivity contribution is 6.04. The van der Waals surface area contributed by atoms with Crippen molar-refractivity contribution >= 4 is 28.4 Å².